The fraction of sp³-hybridized carbons (Fsp3) is 0.0698. The number of hydrogen-bond donors (Lipinski definition) is 0. The van der Waals surface area contributed by atoms with Gasteiger partial charge in [0.2, 0.25) is 0 Å². The van der Waals surface area contributed by atoms with Crippen LogP contribution in [0.1, 0.15) is 25.0 Å². The molecule has 0 spiro atoms. The Hall–Kier alpha value is -5.60. The van der Waals surface area contributed by atoms with Gasteiger partial charge in [0.15, 0.2) is 0 Å². The lowest BCUT2D eigenvalue weighted by molar-refractivity contribution is 0.660. The van der Waals surface area contributed by atoms with Crippen LogP contribution in [0.4, 0.5) is 0 Å². The molecule has 1 aliphatic carbocycles. The van der Waals surface area contributed by atoms with Crippen LogP contribution in [-0.2, 0) is 5.41 Å². The highest BCUT2D eigenvalue weighted by atomic mass is 15.0. The molecule has 0 saturated carbocycles. The van der Waals surface area contributed by atoms with Gasteiger partial charge in [-0.25, -0.2) is 0 Å². The molecule has 1 aliphatic rings. The number of aromatic nitrogens is 2. The van der Waals surface area contributed by atoms with E-state index in [1.807, 2.05) is 0 Å². The van der Waals surface area contributed by atoms with Crippen LogP contribution in [0.2, 0.25) is 0 Å². The Kier molecular flexibility index (Phi) is 4.82. The zero-order valence-corrected chi connectivity index (χ0v) is 25.3. The highest BCUT2D eigenvalue weighted by Crippen LogP contribution is 2.50. The maximum absolute atomic E-state index is 2.52. The molecule has 212 valence electrons. The topological polar surface area (TPSA) is 9.86 Å². The molecular weight excluding hydrogens is 544 g/mol. The zero-order chi connectivity index (χ0) is 29.9. The van der Waals surface area contributed by atoms with Gasteiger partial charge < -0.3 is 9.13 Å². The fourth-order valence-electron chi connectivity index (χ4n) is 8.28. The van der Waals surface area contributed by atoms with Crippen molar-refractivity contribution < 1.29 is 0 Å². The number of para-hydroxylation sites is 2. The van der Waals surface area contributed by atoms with Gasteiger partial charge in [-0.05, 0) is 69.4 Å². The van der Waals surface area contributed by atoms with E-state index in [1.54, 1.807) is 0 Å². The smallest absolute Gasteiger partial charge is 0.0789 e. The number of nitrogens with zero attached hydrogens (tertiary/aromatic N) is 2. The molecule has 2 heterocycles. The summed E-state index contributed by atoms with van der Waals surface area (Å²) in [4.78, 5) is 0. The van der Waals surface area contributed by atoms with Gasteiger partial charge in [-0.15, -0.1) is 0 Å². The molecule has 0 radical (unpaired) electrons. The van der Waals surface area contributed by atoms with Crippen molar-refractivity contribution in [2.24, 2.45) is 0 Å². The van der Waals surface area contributed by atoms with Crippen molar-refractivity contribution in [1.29, 1.82) is 0 Å². The summed E-state index contributed by atoms with van der Waals surface area (Å²) in [5.74, 6) is 0. The summed E-state index contributed by atoms with van der Waals surface area (Å²) >= 11 is 0. The third kappa shape index (κ3) is 3.18. The van der Waals surface area contributed by atoms with Crippen molar-refractivity contribution in [1.82, 2.24) is 9.13 Å². The molecule has 45 heavy (non-hydrogen) atoms. The van der Waals surface area contributed by atoms with Crippen molar-refractivity contribution in [3.05, 3.63) is 157 Å². The van der Waals surface area contributed by atoms with Gasteiger partial charge in [-0.2, -0.15) is 0 Å². The summed E-state index contributed by atoms with van der Waals surface area (Å²) in [5.41, 5.74) is 12.7. The summed E-state index contributed by atoms with van der Waals surface area (Å²) in [6.45, 7) is 4.70. The zero-order valence-electron chi connectivity index (χ0n) is 25.3. The first-order chi connectivity index (χ1) is 22.1. The van der Waals surface area contributed by atoms with Crippen molar-refractivity contribution in [3.63, 3.8) is 0 Å². The van der Waals surface area contributed by atoms with Gasteiger partial charge in [0, 0.05) is 38.3 Å². The minimum atomic E-state index is -0.0284. The van der Waals surface area contributed by atoms with E-state index in [1.165, 1.54) is 88.0 Å². The van der Waals surface area contributed by atoms with Gasteiger partial charge in [0.25, 0.3) is 0 Å². The molecular formula is C43H30N2. The summed E-state index contributed by atoms with van der Waals surface area (Å²) in [7, 11) is 0. The SMILES string of the molecule is CC1(C)c2ccccc2-c2cc(-n3c4ccccc4c4ccc5c6c7ccccc7ccc6n(-c6ccccc6)c5c43)ccc21. The molecule has 0 N–H and O–H groups in total. The summed E-state index contributed by atoms with van der Waals surface area (Å²) < 4.78 is 5.00. The molecule has 0 bridgehead atoms. The number of fused-ring (bicyclic) bond motifs is 12. The van der Waals surface area contributed by atoms with Gasteiger partial charge in [0.1, 0.15) is 0 Å². The van der Waals surface area contributed by atoms with E-state index in [9.17, 15) is 0 Å². The van der Waals surface area contributed by atoms with Crippen LogP contribution in [-0.4, -0.2) is 9.13 Å². The number of rotatable bonds is 2. The van der Waals surface area contributed by atoms with Crippen molar-refractivity contribution in [2.75, 3.05) is 0 Å². The van der Waals surface area contributed by atoms with Crippen molar-refractivity contribution in [2.45, 2.75) is 19.3 Å². The quantitative estimate of drug-likeness (QED) is 0.194. The Morgan fingerprint density at radius 3 is 1.98 bits per heavy atom. The normalized spacial score (nSPS) is 13.7. The first kappa shape index (κ1) is 24.8. The number of hydrogen-bond acceptors (Lipinski definition) is 0. The molecule has 9 aromatic rings. The van der Waals surface area contributed by atoms with Crippen molar-refractivity contribution >= 4 is 54.4 Å². The van der Waals surface area contributed by atoms with Crippen LogP contribution in [0.25, 0.3) is 76.9 Å². The average Bonchev–Trinajstić information content (AvgIpc) is 3.69. The van der Waals surface area contributed by atoms with E-state index in [0.29, 0.717) is 0 Å². The second-order valence-electron chi connectivity index (χ2n) is 13.0. The van der Waals surface area contributed by atoms with E-state index in [4.69, 9.17) is 0 Å². The Labute approximate surface area is 261 Å². The fourth-order valence-corrected chi connectivity index (χ4v) is 8.28. The molecule has 0 atom stereocenters. The van der Waals surface area contributed by atoms with Crippen molar-refractivity contribution in [3.8, 4) is 22.5 Å². The Morgan fingerprint density at radius 1 is 0.422 bits per heavy atom. The summed E-state index contributed by atoms with van der Waals surface area (Å²) in [6, 6.07) is 53.8. The molecule has 7 aromatic carbocycles. The molecule has 0 saturated heterocycles. The molecule has 0 fully saturated rings. The minimum absolute atomic E-state index is 0.0284. The molecule has 0 unspecified atom stereocenters. The molecule has 2 nitrogen and oxygen atoms in total. The van der Waals surface area contributed by atoms with Gasteiger partial charge >= 0.3 is 0 Å². The van der Waals surface area contributed by atoms with Gasteiger partial charge in [0.05, 0.1) is 22.1 Å². The predicted molar refractivity (Wildman–Crippen MR) is 190 cm³/mol. The van der Waals surface area contributed by atoms with Crippen LogP contribution in [0.15, 0.2) is 146 Å². The molecule has 2 heteroatoms. The van der Waals surface area contributed by atoms with E-state index < -0.39 is 0 Å². The van der Waals surface area contributed by atoms with Crippen LogP contribution in [0.3, 0.4) is 0 Å². The standard InChI is InChI=1S/C43H30N2/c1-43(2)36-18-10-8-16-31(36)35-26-29(21-24-37(35)43)45-38-19-11-9-17-32(38)33-22-23-34-40-30-15-7-6-12-27(30)20-25-39(40)44(42(34)41(33)45)28-13-4-3-5-14-28/h3-26H,1-2H3. The minimum Gasteiger partial charge on any atom is -0.307 e. The average molecular weight is 575 g/mol. The van der Waals surface area contributed by atoms with Gasteiger partial charge in [-0.3, -0.25) is 0 Å². The van der Waals surface area contributed by atoms with E-state index in [0.717, 1.165) is 0 Å². The van der Waals surface area contributed by atoms with Crippen LogP contribution in [0, 0.1) is 0 Å². The third-order valence-electron chi connectivity index (χ3n) is 10.3. The highest BCUT2D eigenvalue weighted by Gasteiger charge is 2.35. The second kappa shape index (κ2) is 8.74. The number of benzene rings is 7. The third-order valence-corrected chi connectivity index (χ3v) is 10.3. The summed E-state index contributed by atoms with van der Waals surface area (Å²) in [6.07, 6.45) is 0. The molecule has 10 rings (SSSR count). The maximum Gasteiger partial charge on any atom is 0.0789 e. The summed E-state index contributed by atoms with van der Waals surface area (Å²) in [5, 5.41) is 7.66. The van der Waals surface area contributed by atoms with E-state index >= 15 is 0 Å². The second-order valence-corrected chi connectivity index (χ2v) is 13.0. The lowest BCUT2D eigenvalue weighted by Gasteiger charge is -2.21. The molecule has 0 amide bonds. The van der Waals surface area contributed by atoms with Crippen LogP contribution in [0.5, 0.6) is 0 Å². The highest BCUT2D eigenvalue weighted by molar-refractivity contribution is 6.28. The Balaban J connectivity index is 1.42. The first-order valence-electron chi connectivity index (χ1n) is 15.8. The predicted octanol–water partition coefficient (Wildman–Crippen LogP) is 11.3. The molecule has 0 aliphatic heterocycles. The maximum atomic E-state index is 2.52. The lowest BCUT2D eigenvalue weighted by atomic mass is 9.82. The largest absolute Gasteiger partial charge is 0.307 e. The lowest BCUT2D eigenvalue weighted by Crippen LogP contribution is -2.14. The van der Waals surface area contributed by atoms with Crippen LogP contribution >= 0.6 is 0 Å². The van der Waals surface area contributed by atoms with Crippen LogP contribution < -0.4 is 0 Å². The Bertz CT molecular complexity index is 2670. The molecule has 2 aromatic heterocycles. The van der Waals surface area contributed by atoms with E-state index in [2.05, 4.69) is 169 Å². The van der Waals surface area contributed by atoms with E-state index in [-0.39, 0.29) is 5.41 Å². The first-order valence-corrected chi connectivity index (χ1v) is 15.8. The van der Waals surface area contributed by atoms with Gasteiger partial charge in [-0.1, -0.05) is 123 Å². The monoisotopic (exact) mass is 574 g/mol. The Morgan fingerprint density at radius 2 is 1.09 bits per heavy atom.